The summed E-state index contributed by atoms with van der Waals surface area (Å²) in [7, 11) is -3.72. The van der Waals surface area contributed by atoms with E-state index in [1.807, 2.05) is 0 Å². The molecule has 2 rings (SSSR count). The Morgan fingerprint density at radius 1 is 1.09 bits per heavy atom. The minimum absolute atomic E-state index is 0.0349. The number of rotatable bonds is 6. The van der Waals surface area contributed by atoms with Crippen LogP contribution in [-0.4, -0.2) is 21.0 Å². The number of carbonyl (C=O) groups is 1. The first kappa shape index (κ1) is 17.1. The summed E-state index contributed by atoms with van der Waals surface area (Å²) in [6.45, 7) is 1.98. The molecule has 7 heteroatoms. The Kier molecular flexibility index (Phi) is 5.46. The van der Waals surface area contributed by atoms with Crippen LogP contribution in [0.15, 0.2) is 53.4 Å². The normalized spacial score (nSPS) is 11.2. The summed E-state index contributed by atoms with van der Waals surface area (Å²) in [6, 6.07) is 11.0. The Bertz CT molecular complexity index is 771. The molecule has 0 saturated heterocycles. The first-order valence-electron chi connectivity index (χ1n) is 6.93. The minimum atomic E-state index is -3.72. The molecule has 2 aromatic carbocycles. The molecule has 0 aliphatic rings. The van der Waals surface area contributed by atoms with Crippen molar-refractivity contribution in [3.8, 4) is 0 Å². The number of esters is 1. The van der Waals surface area contributed by atoms with Crippen LogP contribution in [-0.2, 0) is 21.3 Å². The minimum Gasteiger partial charge on any atom is -0.462 e. The van der Waals surface area contributed by atoms with Crippen LogP contribution < -0.4 is 4.72 Å². The largest absolute Gasteiger partial charge is 0.462 e. The zero-order valence-corrected chi connectivity index (χ0v) is 13.3. The number of carbonyl (C=O) groups excluding carboxylic acids is 1. The molecule has 0 heterocycles. The van der Waals surface area contributed by atoms with Crippen molar-refractivity contribution >= 4 is 16.0 Å². The van der Waals surface area contributed by atoms with E-state index in [0.29, 0.717) is 5.56 Å². The molecule has 0 aromatic heterocycles. The summed E-state index contributed by atoms with van der Waals surface area (Å²) in [5, 5.41) is 0. The molecule has 122 valence electrons. The van der Waals surface area contributed by atoms with Gasteiger partial charge in [-0.15, -0.1) is 0 Å². The highest BCUT2D eigenvalue weighted by molar-refractivity contribution is 7.89. The molecular formula is C16H16FNO4S. The summed E-state index contributed by atoms with van der Waals surface area (Å²) < 4.78 is 44.4. The van der Waals surface area contributed by atoms with Gasteiger partial charge >= 0.3 is 5.97 Å². The van der Waals surface area contributed by atoms with Crippen molar-refractivity contribution in [2.45, 2.75) is 18.4 Å². The molecule has 0 fully saturated rings. The van der Waals surface area contributed by atoms with E-state index in [4.69, 9.17) is 4.74 Å². The smallest absolute Gasteiger partial charge is 0.338 e. The van der Waals surface area contributed by atoms with Gasteiger partial charge in [-0.3, -0.25) is 0 Å². The first-order chi connectivity index (χ1) is 10.9. The van der Waals surface area contributed by atoms with Crippen molar-refractivity contribution in [2.24, 2.45) is 0 Å². The van der Waals surface area contributed by atoms with E-state index >= 15 is 0 Å². The van der Waals surface area contributed by atoms with Crippen LogP contribution in [0.2, 0.25) is 0 Å². The molecule has 2 aromatic rings. The lowest BCUT2D eigenvalue weighted by atomic mass is 10.2. The van der Waals surface area contributed by atoms with Gasteiger partial charge in [0.1, 0.15) is 5.82 Å². The molecule has 0 amide bonds. The third-order valence-electron chi connectivity index (χ3n) is 3.06. The van der Waals surface area contributed by atoms with E-state index in [0.717, 1.165) is 0 Å². The average Bonchev–Trinajstić information content (AvgIpc) is 2.55. The van der Waals surface area contributed by atoms with Gasteiger partial charge in [-0.25, -0.2) is 22.3 Å². The van der Waals surface area contributed by atoms with Crippen molar-refractivity contribution in [2.75, 3.05) is 6.61 Å². The van der Waals surface area contributed by atoms with Gasteiger partial charge in [0.05, 0.1) is 17.1 Å². The second-order valence-corrected chi connectivity index (χ2v) is 6.46. The standard InChI is InChI=1S/C16H16FNO4S/c1-2-22-16(19)13-5-9-15(10-6-13)23(20,21)18-11-12-3-7-14(17)8-4-12/h3-10,18H,2,11H2,1H3. The monoisotopic (exact) mass is 337 g/mol. The van der Waals surface area contributed by atoms with E-state index in [-0.39, 0.29) is 29.4 Å². The van der Waals surface area contributed by atoms with Crippen molar-refractivity contribution in [1.29, 1.82) is 0 Å². The van der Waals surface area contributed by atoms with Crippen LogP contribution in [0.4, 0.5) is 4.39 Å². The second-order valence-electron chi connectivity index (χ2n) is 4.70. The highest BCUT2D eigenvalue weighted by Gasteiger charge is 2.15. The predicted octanol–water partition coefficient (Wildman–Crippen LogP) is 2.48. The summed E-state index contributed by atoms with van der Waals surface area (Å²) in [5.74, 6) is -0.887. The summed E-state index contributed by atoms with van der Waals surface area (Å²) in [6.07, 6.45) is 0. The number of ether oxygens (including phenoxy) is 1. The number of sulfonamides is 1. The number of nitrogens with one attached hydrogen (secondary N) is 1. The highest BCUT2D eigenvalue weighted by Crippen LogP contribution is 2.12. The Morgan fingerprint density at radius 2 is 1.70 bits per heavy atom. The van der Waals surface area contributed by atoms with Crippen molar-refractivity contribution in [3.05, 3.63) is 65.5 Å². The fraction of sp³-hybridized carbons (Fsp3) is 0.188. The molecule has 0 bridgehead atoms. The second kappa shape index (κ2) is 7.34. The molecular weight excluding hydrogens is 321 g/mol. The van der Waals surface area contributed by atoms with Gasteiger partial charge in [0, 0.05) is 6.54 Å². The van der Waals surface area contributed by atoms with Crippen molar-refractivity contribution < 1.29 is 22.3 Å². The molecule has 0 atom stereocenters. The van der Waals surface area contributed by atoms with E-state index in [1.165, 1.54) is 48.5 Å². The van der Waals surface area contributed by atoms with Gasteiger partial charge in [0.2, 0.25) is 10.0 Å². The van der Waals surface area contributed by atoms with Gasteiger partial charge in [0.25, 0.3) is 0 Å². The fourth-order valence-electron chi connectivity index (χ4n) is 1.85. The lowest BCUT2D eigenvalue weighted by Gasteiger charge is -2.08. The van der Waals surface area contributed by atoms with Gasteiger partial charge < -0.3 is 4.74 Å². The maximum absolute atomic E-state index is 12.8. The quantitative estimate of drug-likeness (QED) is 0.822. The summed E-state index contributed by atoms with van der Waals surface area (Å²) >= 11 is 0. The lowest BCUT2D eigenvalue weighted by Crippen LogP contribution is -2.23. The molecule has 0 aliphatic heterocycles. The topological polar surface area (TPSA) is 72.5 Å². The van der Waals surface area contributed by atoms with Crippen LogP contribution in [0.3, 0.4) is 0 Å². The van der Waals surface area contributed by atoms with Crippen molar-refractivity contribution in [1.82, 2.24) is 4.72 Å². The third-order valence-corrected chi connectivity index (χ3v) is 4.47. The fourth-order valence-corrected chi connectivity index (χ4v) is 2.87. The van der Waals surface area contributed by atoms with Gasteiger partial charge in [-0.05, 0) is 48.9 Å². The Labute approximate surface area is 134 Å². The molecule has 5 nitrogen and oxygen atoms in total. The van der Waals surface area contributed by atoms with E-state index in [1.54, 1.807) is 6.92 Å². The van der Waals surface area contributed by atoms with E-state index in [2.05, 4.69) is 4.72 Å². The Hall–Kier alpha value is -2.25. The molecule has 1 N–H and O–H groups in total. The molecule has 0 saturated carbocycles. The van der Waals surface area contributed by atoms with E-state index in [9.17, 15) is 17.6 Å². The third kappa shape index (κ3) is 4.61. The SMILES string of the molecule is CCOC(=O)c1ccc(S(=O)(=O)NCc2ccc(F)cc2)cc1. The Balaban J connectivity index is 2.07. The zero-order chi connectivity index (χ0) is 16.9. The predicted molar refractivity (Wildman–Crippen MR) is 82.8 cm³/mol. The Morgan fingerprint density at radius 3 is 2.26 bits per heavy atom. The molecule has 0 spiro atoms. The summed E-state index contributed by atoms with van der Waals surface area (Å²) in [4.78, 5) is 11.6. The average molecular weight is 337 g/mol. The molecule has 0 aliphatic carbocycles. The lowest BCUT2D eigenvalue weighted by molar-refractivity contribution is 0.0526. The van der Waals surface area contributed by atoms with Gasteiger partial charge in [0.15, 0.2) is 0 Å². The van der Waals surface area contributed by atoms with Gasteiger partial charge in [-0.2, -0.15) is 0 Å². The molecule has 23 heavy (non-hydrogen) atoms. The van der Waals surface area contributed by atoms with Crippen LogP contribution in [0, 0.1) is 5.82 Å². The van der Waals surface area contributed by atoms with Crippen LogP contribution in [0.25, 0.3) is 0 Å². The highest BCUT2D eigenvalue weighted by atomic mass is 32.2. The number of halogens is 1. The number of hydrogen-bond donors (Lipinski definition) is 1. The summed E-state index contributed by atoms with van der Waals surface area (Å²) in [5.41, 5.74) is 0.919. The van der Waals surface area contributed by atoms with Crippen LogP contribution >= 0.6 is 0 Å². The first-order valence-corrected chi connectivity index (χ1v) is 8.42. The van der Waals surface area contributed by atoms with Crippen molar-refractivity contribution in [3.63, 3.8) is 0 Å². The van der Waals surface area contributed by atoms with Crippen LogP contribution in [0.5, 0.6) is 0 Å². The maximum atomic E-state index is 12.8. The van der Waals surface area contributed by atoms with Crippen LogP contribution in [0.1, 0.15) is 22.8 Å². The van der Waals surface area contributed by atoms with Gasteiger partial charge in [-0.1, -0.05) is 12.1 Å². The molecule has 0 unspecified atom stereocenters. The maximum Gasteiger partial charge on any atom is 0.338 e. The number of benzene rings is 2. The zero-order valence-electron chi connectivity index (χ0n) is 12.5. The van der Waals surface area contributed by atoms with E-state index < -0.39 is 16.0 Å². The molecule has 0 radical (unpaired) electrons. The number of hydrogen-bond acceptors (Lipinski definition) is 4.